The molecule has 1 heterocycles. The van der Waals surface area contributed by atoms with Crippen molar-refractivity contribution in [1.82, 2.24) is 4.90 Å². The van der Waals surface area contributed by atoms with E-state index in [1.165, 1.54) is 0 Å². The van der Waals surface area contributed by atoms with E-state index in [0.29, 0.717) is 12.2 Å². The van der Waals surface area contributed by atoms with Crippen LogP contribution in [-0.2, 0) is 4.74 Å². The van der Waals surface area contributed by atoms with Gasteiger partial charge in [0.05, 0.1) is 19.8 Å². The van der Waals surface area contributed by atoms with Gasteiger partial charge < -0.3 is 15.2 Å². The third-order valence-electron chi connectivity index (χ3n) is 3.14. The normalized spacial score (nSPS) is 16.3. The first kappa shape index (κ1) is 14.0. The van der Waals surface area contributed by atoms with Crippen LogP contribution in [0.1, 0.15) is 10.4 Å². The highest BCUT2D eigenvalue weighted by Gasteiger charge is 2.09. The second-order valence-electron chi connectivity index (χ2n) is 4.45. The Bertz CT molecular complexity index is 400. The minimum atomic E-state index is -0.0557. The molecule has 5 nitrogen and oxygen atoms in total. The van der Waals surface area contributed by atoms with Crippen molar-refractivity contribution in [2.24, 2.45) is 5.73 Å². The Morgan fingerprint density at radius 3 is 2.58 bits per heavy atom. The van der Waals surface area contributed by atoms with Gasteiger partial charge in [-0.3, -0.25) is 9.69 Å². The average Bonchev–Trinajstić information content (AvgIpc) is 2.48. The van der Waals surface area contributed by atoms with Crippen LogP contribution in [-0.4, -0.2) is 56.7 Å². The summed E-state index contributed by atoms with van der Waals surface area (Å²) in [4.78, 5) is 13.7. The molecule has 5 heteroatoms. The van der Waals surface area contributed by atoms with E-state index in [0.717, 1.165) is 38.6 Å². The van der Waals surface area contributed by atoms with Crippen LogP contribution in [0.25, 0.3) is 0 Å². The number of hydrogen-bond acceptors (Lipinski definition) is 5. The largest absolute Gasteiger partial charge is 0.492 e. The Morgan fingerprint density at radius 1 is 1.26 bits per heavy atom. The maximum Gasteiger partial charge on any atom is 0.176 e. The molecule has 0 unspecified atom stereocenters. The van der Waals surface area contributed by atoms with Gasteiger partial charge in [-0.25, -0.2) is 0 Å². The van der Waals surface area contributed by atoms with Crippen LogP contribution in [0.4, 0.5) is 0 Å². The fourth-order valence-corrected chi connectivity index (χ4v) is 1.97. The lowest BCUT2D eigenvalue weighted by molar-refractivity contribution is 0.0322. The highest BCUT2D eigenvalue weighted by molar-refractivity contribution is 5.97. The molecule has 0 radical (unpaired) electrons. The predicted octanol–water partition coefficient (Wildman–Crippen LogP) is 0.539. The van der Waals surface area contributed by atoms with E-state index in [4.69, 9.17) is 15.2 Å². The summed E-state index contributed by atoms with van der Waals surface area (Å²) in [6, 6.07) is 7.11. The van der Waals surface area contributed by atoms with Gasteiger partial charge in [0.15, 0.2) is 5.78 Å². The summed E-state index contributed by atoms with van der Waals surface area (Å²) in [5.74, 6) is 0.724. The first-order valence-electron chi connectivity index (χ1n) is 6.56. The van der Waals surface area contributed by atoms with Crippen LogP contribution in [0, 0.1) is 0 Å². The van der Waals surface area contributed by atoms with Crippen molar-refractivity contribution < 1.29 is 14.3 Å². The van der Waals surface area contributed by atoms with Crippen molar-refractivity contribution in [2.75, 3.05) is 46.0 Å². The summed E-state index contributed by atoms with van der Waals surface area (Å²) in [5.41, 5.74) is 5.94. The van der Waals surface area contributed by atoms with Crippen LogP contribution in [0.2, 0.25) is 0 Å². The molecule has 1 saturated heterocycles. The predicted molar refractivity (Wildman–Crippen MR) is 72.6 cm³/mol. The smallest absolute Gasteiger partial charge is 0.176 e. The fourth-order valence-electron chi connectivity index (χ4n) is 1.97. The van der Waals surface area contributed by atoms with Crippen molar-refractivity contribution in [3.63, 3.8) is 0 Å². The number of carbonyl (C=O) groups is 1. The molecule has 2 rings (SSSR count). The SMILES string of the molecule is NCC(=O)c1ccc(OCCN2CCOCC2)cc1. The minimum Gasteiger partial charge on any atom is -0.492 e. The first-order chi connectivity index (χ1) is 9.29. The maximum atomic E-state index is 11.4. The third-order valence-corrected chi connectivity index (χ3v) is 3.14. The van der Waals surface area contributed by atoms with E-state index in [9.17, 15) is 4.79 Å². The molecular formula is C14H20N2O3. The van der Waals surface area contributed by atoms with Crippen LogP contribution >= 0.6 is 0 Å². The summed E-state index contributed by atoms with van der Waals surface area (Å²) < 4.78 is 10.9. The van der Waals surface area contributed by atoms with Crippen molar-refractivity contribution >= 4 is 5.78 Å². The number of nitrogens with two attached hydrogens (primary N) is 1. The number of carbonyl (C=O) groups excluding carboxylic acids is 1. The number of ether oxygens (including phenoxy) is 2. The zero-order valence-corrected chi connectivity index (χ0v) is 11.0. The molecule has 1 aliphatic heterocycles. The molecule has 0 saturated carbocycles. The lowest BCUT2D eigenvalue weighted by Crippen LogP contribution is -2.38. The topological polar surface area (TPSA) is 64.8 Å². The second-order valence-corrected chi connectivity index (χ2v) is 4.45. The molecule has 1 aliphatic rings. The minimum absolute atomic E-state index is 0.0389. The maximum absolute atomic E-state index is 11.4. The molecule has 0 bridgehead atoms. The zero-order valence-electron chi connectivity index (χ0n) is 11.0. The standard InChI is InChI=1S/C14H20N2O3/c15-11-14(17)12-1-3-13(4-2-12)19-10-7-16-5-8-18-9-6-16/h1-4H,5-11,15H2. The average molecular weight is 264 g/mol. The lowest BCUT2D eigenvalue weighted by Gasteiger charge is -2.26. The van der Waals surface area contributed by atoms with Gasteiger partial charge >= 0.3 is 0 Å². The Hall–Kier alpha value is -1.43. The molecule has 1 aromatic carbocycles. The van der Waals surface area contributed by atoms with Crippen LogP contribution in [0.15, 0.2) is 24.3 Å². The molecule has 0 aromatic heterocycles. The molecule has 1 fully saturated rings. The third kappa shape index (κ3) is 4.31. The fraction of sp³-hybridized carbons (Fsp3) is 0.500. The molecule has 0 spiro atoms. The van der Waals surface area contributed by atoms with E-state index in [-0.39, 0.29) is 12.3 Å². The lowest BCUT2D eigenvalue weighted by atomic mass is 10.1. The van der Waals surface area contributed by atoms with Crippen molar-refractivity contribution in [1.29, 1.82) is 0 Å². The molecule has 0 amide bonds. The Morgan fingerprint density at radius 2 is 1.95 bits per heavy atom. The number of morpholine rings is 1. The van der Waals surface area contributed by atoms with Gasteiger partial charge in [-0.15, -0.1) is 0 Å². The van der Waals surface area contributed by atoms with Crippen molar-refractivity contribution in [3.05, 3.63) is 29.8 Å². The quantitative estimate of drug-likeness (QED) is 0.760. The van der Waals surface area contributed by atoms with Crippen LogP contribution < -0.4 is 10.5 Å². The van der Waals surface area contributed by atoms with Gasteiger partial charge in [0, 0.05) is 25.2 Å². The Labute approximate surface area is 113 Å². The molecule has 0 aliphatic carbocycles. The summed E-state index contributed by atoms with van der Waals surface area (Å²) in [6.07, 6.45) is 0. The molecule has 19 heavy (non-hydrogen) atoms. The summed E-state index contributed by atoms with van der Waals surface area (Å²) in [6.45, 7) is 5.11. The molecule has 104 valence electrons. The van der Waals surface area contributed by atoms with E-state index >= 15 is 0 Å². The van der Waals surface area contributed by atoms with E-state index in [1.54, 1.807) is 12.1 Å². The summed E-state index contributed by atoms with van der Waals surface area (Å²) in [7, 11) is 0. The molecule has 0 atom stereocenters. The van der Waals surface area contributed by atoms with Gasteiger partial charge in [0.2, 0.25) is 0 Å². The molecule has 2 N–H and O–H groups in total. The number of hydrogen-bond donors (Lipinski definition) is 1. The van der Waals surface area contributed by atoms with E-state index in [2.05, 4.69) is 4.90 Å². The first-order valence-corrected chi connectivity index (χ1v) is 6.56. The number of benzene rings is 1. The monoisotopic (exact) mass is 264 g/mol. The van der Waals surface area contributed by atoms with Crippen molar-refractivity contribution in [2.45, 2.75) is 0 Å². The van der Waals surface area contributed by atoms with Crippen molar-refractivity contribution in [3.8, 4) is 5.75 Å². The number of rotatable bonds is 6. The van der Waals surface area contributed by atoms with Gasteiger partial charge in [-0.05, 0) is 24.3 Å². The van der Waals surface area contributed by atoms with Gasteiger partial charge in [-0.2, -0.15) is 0 Å². The summed E-state index contributed by atoms with van der Waals surface area (Å²) >= 11 is 0. The van der Waals surface area contributed by atoms with Crippen LogP contribution in [0.5, 0.6) is 5.75 Å². The van der Waals surface area contributed by atoms with Gasteiger partial charge in [-0.1, -0.05) is 0 Å². The van der Waals surface area contributed by atoms with Gasteiger partial charge in [0.1, 0.15) is 12.4 Å². The zero-order chi connectivity index (χ0) is 13.5. The van der Waals surface area contributed by atoms with Gasteiger partial charge in [0.25, 0.3) is 0 Å². The number of Topliss-reactive ketones (excluding diaryl/α,β-unsaturated/α-hetero) is 1. The number of nitrogens with zero attached hydrogens (tertiary/aromatic N) is 1. The van der Waals surface area contributed by atoms with E-state index in [1.807, 2.05) is 12.1 Å². The highest BCUT2D eigenvalue weighted by atomic mass is 16.5. The second kappa shape index (κ2) is 7.23. The Balaban J connectivity index is 1.75. The summed E-state index contributed by atoms with van der Waals surface area (Å²) in [5, 5.41) is 0. The highest BCUT2D eigenvalue weighted by Crippen LogP contribution is 2.12. The number of ketones is 1. The van der Waals surface area contributed by atoms with Crippen LogP contribution in [0.3, 0.4) is 0 Å². The molecular weight excluding hydrogens is 244 g/mol. The van der Waals surface area contributed by atoms with E-state index < -0.39 is 0 Å². The Kier molecular flexibility index (Phi) is 5.32. The molecule has 1 aromatic rings.